The summed E-state index contributed by atoms with van der Waals surface area (Å²) in [6.45, 7) is 1.51. The number of alkyl halides is 2. The number of nitrogens with zero attached hydrogens (tertiary/aromatic N) is 2. The minimum atomic E-state index is -2.57. The summed E-state index contributed by atoms with van der Waals surface area (Å²) in [6, 6.07) is 3.10. The minimum Gasteiger partial charge on any atom is -0.459 e. The van der Waals surface area contributed by atoms with Crippen LogP contribution in [-0.4, -0.2) is 41.2 Å². The molecule has 0 atom stereocenters. The number of anilines is 1. The lowest BCUT2D eigenvalue weighted by atomic mass is 10.3. The molecule has 0 saturated carbocycles. The van der Waals surface area contributed by atoms with E-state index in [4.69, 9.17) is 4.42 Å². The molecule has 0 bridgehead atoms. The highest BCUT2D eigenvalue weighted by Crippen LogP contribution is 2.18. The first kappa shape index (κ1) is 18.1. The van der Waals surface area contributed by atoms with Gasteiger partial charge in [-0.1, -0.05) is 6.92 Å². The Bertz CT molecular complexity index is 673. The average molecular weight is 357 g/mol. The van der Waals surface area contributed by atoms with Crippen molar-refractivity contribution in [2.45, 2.75) is 26.2 Å². The van der Waals surface area contributed by atoms with Gasteiger partial charge in [0.05, 0.1) is 24.9 Å². The summed E-state index contributed by atoms with van der Waals surface area (Å²) < 4.78 is 30.0. The van der Waals surface area contributed by atoms with Crippen molar-refractivity contribution < 1.29 is 22.8 Å². The third-order valence-corrected chi connectivity index (χ3v) is 3.86. The van der Waals surface area contributed by atoms with E-state index < -0.39 is 24.8 Å². The van der Waals surface area contributed by atoms with E-state index in [1.807, 2.05) is 6.92 Å². The maximum Gasteiger partial charge on any atom is 0.293 e. The molecule has 0 aliphatic carbocycles. The van der Waals surface area contributed by atoms with Gasteiger partial charge in [0.15, 0.2) is 10.9 Å². The number of carbonyl (C=O) groups excluding carboxylic acids is 2. The summed E-state index contributed by atoms with van der Waals surface area (Å²) in [5.41, 5.74) is 0.426. The van der Waals surface area contributed by atoms with Crippen LogP contribution in [0, 0.1) is 0 Å². The number of aromatic nitrogens is 1. The molecule has 0 saturated heterocycles. The maximum atomic E-state index is 12.5. The Kier molecular flexibility index (Phi) is 6.42. The molecular formula is C15H17F2N3O3S. The van der Waals surface area contributed by atoms with E-state index in [1.165, 1.54) is 12.3 Å². The fourth-order valence-corrected chi connectivity index (χ4v) is 2.74. The van der Waals surface area contributed by atoms with E-state index in [0.717, 1.165) is 16.2 Å². The summed E-state index contributed by atoms with van der Waals surface area (Å²) in [5, 5.41) is 4.48. The van der Waals surface area contributed by atoms with Crippen LogP contribution < -0.4 is 5.32 Å². The molecule has 0 fully saturated rings. The number of hydrogen-bond donors (Lipinski definition) is 1. The predicted molar refractivity (Wildman–Crippen MR) is 85.4 cm³/mol. The highest BCUT2D eigenvalue weighted by molar-refractivity contribution is 7.14. The van der Waals surface area contributed by atoms with Crippen molar-refractivity contribution in [3.8, 4) is 0 Å². The van der Waals surface area contributed by atoms with Gasteiger partial charge in [0, 0.05) is 11.9 Å². The Morgan fingerprint density at radius 2 is 2.25 bits per heavy atom. The summed E-state index contributed by atoms with van der Waals surface area (Å²) in [4.78, 5) is 29.2. The molecule has 1 N–H and O–H groups in total. The van der Waals surface area contributed by atoms with Crippen molar-refractivity contribution in [2.75, 3.05) is 18.4 Å². The van der Waals surface area contributed by atoms with Crippen LogP contribution in [-0.2, 0) is 11.2 Å². The van der Waals surface area contributed by atoms with Gasteiger partial charge in [0.2, 0.25) is 5.91 Å². The Morgan fingerprint density at radius 3 is 2.88 bits per heavy atom. The van der Waals surface area contributed by atoms with Crippen molar-refractivity contribution in [3.05, 3.63) is 35.2 Å². The Labute approximate surface area is 141 Å². The molecule has 2 amide bonds. The predicted octanol–water partition coefficient (Wildman–Crippen LogP) is 3.03. The highest BCUT2D eigenvalue weighted by atomic mass is 32.1. The molecular weight excluding hydrogens is 340 g/mol. The first-order chi connectivity index (χ1) is 11.5. The molecule has 0 spiro atoms. The van der Waals surface area contributed by atoms with E-state index in [9.17, 15) is 18.4 Å². The summed E-state index contributed by atoms with van der Waals surface area (Å²) in [7, 11) is 0. The summed E-state index contributed by atoms with van der Waals surface area (Å²) in [5.74, 6) is -0.710. The molecule has 0 aliphatic rings. The van der Waals surface area contributed by atoms with Crippen LogP contribution in [0.15, 0.2) is 28.2 Å². The van der Waals surface area contributed by atoms with Crippen molar-refractivity contribution in [1.82, 2.24) is 9.88 Å². The number of carbonyl (C=O) groups is 2. The largest absolute Gasteiger partial charge is 0.459 e. The van der Waals surface area contributed by atoms with Crippen LogP contribution in [0.4, 0.5) is 13.9 Å². The Hall–Kier alpha value is -2.29. The average Bonchev–Trinajstić information content (AvgIpc) is 3.18. The first-order valence-corrected chi connectivity index (χ1v) is 8.22. The Balaban J connectivity index is 1.94. The van der Waals surface area contributed by atoms with Gasteiger partial charge in [0.25, 0.3) is 12.3 Å². The molecule has 2 aromatic rings. The van der Waals surface area contributed by atoms with Crippen LogP contribution in [0.3, 0.4) is 0 Å². The number of amides is 2. The van der Waals surface area contributed by atoms with Crippen molar-refractivity contribution >= 4 is 28.3 Å². The number of nitrogens with one attached hydrogen (secondary N) is 1. The van der Waals surface area contributed by atoms with Crippen molar-refractivity contribution in [3.63, 3.8) is 0 Å². The number of thiazole rings is 1. The molecule has 2 rings (SSSR count). The molecule has 24 heavy (non-hydrogen) atoms. The molecule has 9 heteroatoms. The van der Waals surface area contributed by atoms with E-state index >= 15 is 0 Å². The highest BCUT2D eigenvalue weighted by Gasteiger charge is 2.19. The van der Waals surface area contributed by atoms with E-state index in [2.05, 4.69) is 10.3 Å². The molecule has 0 radical (unpaired) electrons. The standard InChI is InChI=1S/C15H17F2N3O3S/c1-2-5-20(8-12(16)17)13(21)7-10-9-24-15(18-10)19-14(22)11-4-3-6-23-11/h3-4,6,9,12H,2,5,7-8H2,1H3,(H,18,19,22). The van der Waals surface area contributed by atoms with Gasteiger partial charge in [-0.05, 0) is 18.6 Å². The molecule has 2 heterocycles. The zero-order valence-electron chi connectivity index (χ0n) is 13.0. The van der Waals surface area contributed by atoms with Crippen LogP contribution in [0.5, 0.6) is 0 Å². The van der Waals surface area contributed by atoms with Crippen molar-refractivity contribution in [1.29, 1.82) is 0 Å². The number of halogens is 2. The van der Waals surface area contributed by atoms with Crippen LogP contribution in [0.1, 0.15) is 29.6 Å². The zero-order valence-corrected chi connectivity index (χ0v) is 13.8. The molecule has 0 aliphatic heterocycles. The van der Waals surface area contributed by atoms with Gasteiger partial charge in [-0.25, -0.2) is 13.8 Å². The summed E-state index contributed by atoms with van der Waals surface area (Å²) in [6.07, 6.45) is -0.675. The molecule has 0 aromatic carbocycles. The number of furan rings is 1. The first-order valence-electron chi connectivity index (χ1n) is 7.34. The van der Waals surface area contributed by atoms with Gasteiger partial charge in [-0.2, -0.15) is 0 Å². The minimum absolute atomic E-state index is 0.0835. The number of rotatable bonds is 8. The number of hydrogen-bond acceptors (Lipinski definition) is 5. The van der Waals surface area contributed by atoms with E-state index in [-0.39, 0.29) is 18.7 Å². The molecule has 0 unspecified atom stereocenters. The van der Waals surface area contributed by atoms with Gasteiger partial charge < -0.3 is 9.32 Å². The molecule has 6 nitrogen and oxygen atoms in total. The lowest BCUT2D eigenvalue weighted by Crippen LogP contribution is -2.36. The maximum absolute atomic E-state index is 12.5. The zero-order chi connectivity index (χ0) is 17.5. The van der Waals surface area contributed by atoms with Gasteiger partial charge in [-0.3, -0.25) is 14.9 Å². The second kappa shape index (κ2) is 8.53. The van der Waals surface area contributed by atoms with Gasteiger partial charge >= 0.3 is 0 Å². The quantitative estimate of drug-likeness (QED) is 0.788. The van der Waals surface area contributed by atoms with Crippen LogP contribution in [0.25, 0.3) is 0 Å². The lowest BCUT2D eigenvalue weighted by Gasteiger charge is -2.21. The van der Waals surface area contributed by atoms with Crippen molar-refractivity contribution in [2.24, 2.45) is 0 Å². The lowest BCUT2D eigenvalue weighted by molar-refractivity contribution is -0.132. The fourth-order valence-electron chi connectivity index (χ4n) is 2.03. The van der Waals surface area contributed by atoms with Crippen LogP contribution >= 0.6 is 11.3 Å². The summed E-state index contributed by atoms with van der Waals surface area (Å²) >= 11 is 1.15. The Morgan fingerprint density at radius 1 is 1.46 bits per heavy atom. The second-order valence-electron chi connectivity index (χ2n) is 4.98. The van der Waals surface area contributed by atoms with Gasteiger partial charge in [0.1, 0.15) is 0 Å². The van der Waals surface area contributed by atoms with Gasteiger partial charge in [-0.15, -0.1) is 11.3 Å². The third-order valence-electron chi connectivity index (χ3n) is 3.05. The van der Waals surface area contributed by atoms with E-state index in [0.29, 0.717) is 17.2 Å². The molecule has 2 aromatic heterocycles. The second-order valence-corrected chi connectivity index (χ2v) is 5.84. The topological polar surface area (TPSA) is 75.4 Å². The monoisotopic (exact) mass is 357 g/mol. The fraction of sp³-hybridized carbons (Fsp3) is 0.400. The smallest absolute Gasteiger partial charge is 0.293 e. The molecule has 130 valence electrons. The normalized spacial score (nSPS) is 10.8. The van der Waals surface area contributed by atoms with E-state index in [1.54, 1.807) is 11.4 Å². The van der Waals surface area contributed by atoms with Crippen LogP contribution in [0.2, 0.25) is 0 Å². The third kappa shape index (κ3) is 5.12. The SMILES string of the molecule is CCCN(CC(F)F)C(=O)Cc1csc(NC(=O)c2ccco2)n1.